The van der Waals surface area contributed by atoms with Gasteiger partial charge in [0.25, 0.3) is 5.56 Å². The van der Waals surface area contributed by atoms with Crippen LogP contribution in [-0.4, -0.2) is 23.0 Å². The summed E-state index contributed by atoms with van der Waals surface area (Å²) in [7, 11) is 1.62. The first-order valence-electron chi connectivity index (χ1n) is 12.5. The van der Waals surface area contributed by atoms with E-state index < -0.39 is 0 Å². The Bertz CT molecular complexity index is 1430. The third-order valence-corrected chi connectivity index (χ3v) is 6.77. The lowest BCUT2D eigenvalue weighted by molar-refractivity contribution is 0.284. The molecule has 1 heterocycles. The van der Waals surface area contributed by atoms with E-state index in [0.717, 1.165) is 48.2 Å². The zero-order chi connectivity index (χ0) is 24.9. The standard InChI is InChI=1S/C30H31N3O3/c1-21-12-14-22(15-13-21)20-36-27-17-16-23(18-28(27)35-2)19-31-33-29(24-8-4-3-5-9-24)32-26-11-7-6-10-25(26)30(33)34/h6-7,10-19,24H,3-5,8-9,20H2,1-2H3. The van der Waals surface area contributed by atoms with Gasteiger partial charge in [0.05, 0.1) is 24.2 Å². The maximum Gasteiger partial charge on any atom is 0.282 e. The van der Waals surface area contributed by atoms with E-state index in [4.69, 9.17) is 14.5 Å². The van der Waals surface area contributed by atoms with Crippen LogP contribution in [-0.2, 0) is 6.61 Å². The van der Waals surface area contributed by atoms with E-state index in [1.54, 1.807) is 13.3 Å². The number of benzene rings is 3. The highest BCUT2D eigenvalue weighted by Gasteiger charge is 2.22. The van der Waals surface area contributed by atoms with Crippen LogP contribution in [0.25, 0.3) is 10.9 Å². The van der Waals surface area contributed by atoms with Crippen LogP contribution < -0.4 is 15.0 Å². The highest BCUT2D eigenvalue weighted by Crippen LogP contribution is 2.32. The second-order valence-corrected chi connectivity index (χ2v) is 9.37. The summed E-state index contributed by atoms with van der Waals surface area (Å²) < 4.78 is 13.1. The molecule has 0 aliphatic heterocycles. The lowest BCUT2D eigenvalue weighted by Crippen LogP contribution is -2.25. The lowest BCUT2D eigenvalue weighted by Gasteiger charge is -2.22. The Morgan fingerprint density at radius 3 is 2.56 bits per heavy atom. The zero-order valence-electron chi connectivity index (χ0n) is 20.8. The average molecular weight is 482 g/mol. The van der Waals surface area contributed by atoms with E-state index in [1.165, 1.54) is 16.7 Å². The van der Waals surface area contributed by atoms with Crippen molar-refractivity contribution in [2.45, 2.75) is 51.6 Å². The molecule has 1 aromatic heterocycles. The summed E-state index contributed by atoms with van der Waals surface area (Å²) in [6.45, 7) is 2.51. The van der Waals surface area contributed by atoms with Crippen LogP contribution in [0.1, 0.15) is 60.5 Å². The Morgan fingerprint density at radius 1 is 1.00 bits per heavy atom. The summed E-state index contributed by atoms with van der Waals surface area (Å²) in [4.78, 5) is 18.3. The maximum atomic E-state index is 13.4. The minimum absolute atomic E-state index is 0.137. The van der Waals surface area contributed by atoms with Crippen molar-refractivity contribution in [1.82, 2.24) is 9.66 Å². The molecule has 6 nitrogen and oxygen atoms in total. The molecule has 36 heavy (non-hydrogen) atoms. The van der Waals surface area contributed by atoms with Gasteiger partial charge in [-0.2, -0.15) is 9.78 Å². The predicted molar refractivity (Wildman–Crippen MR) is 143 cm³/mol. The number of fused-ring (bicyclic) bond motifs is 1. The molecule has 6 heteroatoms. The van der Waals surface area contributed by atoms with E-state index in [9.17, 15) is 4.79 Å². The molecule has 0 bridgehead atoms. The van der Waals surface area contributed by atoms with Crippen molar-refractivity contribution in [1.29, 1.82) is 0 Å². The monoisotopic (exact) mass is 481 g/mol. The minimum atomic E-state index is -0.137. The van der Waals surface area contributed by atoms with Crippen molar-refractivity contribution in [3.8, 4) is 11.5 Å². The Kier molecular flexibility index (Phi) is 7.12. The third-order valence-electron chi connectivity index (χ3n) is 6.77. The topological polar surface area (TPSA) is 65.7 Å². The fraction of sp³-hybridized carbons (Fsp3) is 0.300. The van der Waals surface area contributed by atoms with Gasteiger partial charge in [0.1, 0.15) is 12.4 Å². The third kappa shape index (κ3) is 5.18. The molecular formula is C30H31N3O3. The summed E-state index contributed by atoms with van der Waals surface area (Å²) in [5, 5.41) is 5.20. The van der Waals surface area contributed by atoms with Gasteiger partial charge in [0, 0.05) is 5.92 Å². The molecule has 0 unspecified atom stereocenters. The molecule has 3 aromatic carbocycles. The fourth-order valence-electron chi connectivity index (χ4n) is 4.73. The molecule has 0 atom stereocenters. The van der Waals surface area contributed by atoms with Crippen LogP contribution in [0.5, 0.6) is 11.5 Å². The second kappa shape index (κ2) is 10.8. The molecule has 1 aliphatic rings. The van der Waals surface area contributed by atoms with Gasteiger partial charge in [-0.05, 0) is 61.2 Å². The van der Waals surface area contributed by atoms with Crippen LogP contribution >= 0.6 is 0 Å². The van der Waals surface area contributed by atoms with Gasteiger partial charge in [-0.15, -0.1) is 0 Å². The highest BCUT2D eigenvalue weighted by molar-refractivity contribution is 5.81. The van der Waals surface area contributed by atoms with E-state index in [2.05, 4.69) is 36.3 Å². The minimum Gasteiger partial charge on any atom is -0.493 e. The van der Waals surface area contributed by atoms with Crippen molar-refractivity contribution in [2.75, 3.05) is 7.11 Å². The fourth-order valence-corrected chi connectivity index (χ4v) is 4.73. The van der Waals surface area contributed by atoms with E-state index in [0.29, 0.717) is 23.5 Å². The molecule has 0 saturated heterocycles. The highest BCUT2D eigenvalue weighted by atomic mass is 16.5. The maximum absolute atomic E-state index is 13.4. The number of hydrogen-bond donors (Lipinski definition) is 0. The van der Waals surface area contributed by atoms with Gasteiger partial charge in [-0.25, -0.2) is 4.98 Å². The number of rotatable bonds is 7. The Balaban J connectivity index is 1.44. The van der Waals surface area contributed by atoms with Crippen LogP contribution in [0.15, 0.2) is 76.6 Å². The number of aromatic nitrogens is 2. The Morgan fingerprint density at radius 2 is 1.78 bits per heavy atom. The van der Waals surface area contributed by atoms with Gasteiger partial charge in [0.2, 0.25) is 0 Å². The van der Waals surface area contributed by atoms with E-state index in [1.807, 2.05) is 42.5 Å². The van der Waals surface area contributed by atoms with Crippen LogP contribution in [0.3, 0.4) is 0 Å². The summed E-state index contributed by atoms with van der Waals surface area (Å²) in [5.41, 5.74) is 3.71. The van der Waals surface area contributed by atoms with Crippen LogP contribution in [0.2, 0.25) is 0 Å². The van der Waals surface area contributed by atoms with E-state index >= 15 is 0 Å². The van der Waals surface area contributed by atoms with Gasteiger partial charge >= 0.3 is 0 Å². The van der Waals surface area contributed by atoms with Crippen molar-refractivity contribution < 1.29 is 9.47 Å². The number of aryl methyl sites for hydroxylation is 1. The molecule has 4 aromatic rings. The largest absolute Gasteiger partial charge is 0.493 e. The van der Waals surface area contributed by atoms with Crippen molar-refractivity contribution >= 4 is 17.1 Å². The van der Waals surface area contributed by atoms with Crippen molar-refractivity contribution in [2.24, 2.45) is 5.10 Å². The normalized spacial score (nSPS) is 14.4. The Labute approximate surface area is 211 Å². The first kappa shape index (κ1) is 23.8. The van der Waals surface area contributed by atoms with Gasteiger partial charge in [-0.3, -0.25) is 4.79 Å². The van der Waals surface area contributed by atoms with Crippen molar-refractivity contribution in [3.63, 3.8) is 0 Å². The molecule has 1 aliphatic carbocycles. The number of para-hydroxylation sites is 1. The molecule has 184 valence electrons. The Hall–Kier alpha value is -3.93. The SMILES string of the molecule is COc1cc(C=Nn2c(C3CCCCC3)nc3ccccc3c2=O)ccc1OCc1ccc(C)cc1. The molecular weight excluding hydrogens is 450 g/mol. The number of ether oxygens (including phenoxy) is 2. The molecule has 1 fully saturated rings. The molecule has 0 amide bonds. The molecule has 0 spiro atoms. The smallest absolute Gasteiger partial charge is 0.282 e. The summed E-state index contributed by atoms with van der Waals surface area (Å²) in [5.74, 6) is 2.25. The predicted octanol–water partition coefficient (Wildman–Crippen LogP) is 6.22. The lowest BCUT2D eigenvalue weighted by atomic mass is 9.88. The second-order valence-electron chi connectivity index (χ2n) is 9.37. The molecule has 1 saturated carbocycles. The van der Waals surface area contributed by atoms with Crippen LogP contribution in [0.4, 0.5) is 0 Å². The van der Waals surface area contributed by atoms with Gasteiger partial charge in [-0.1, -0.05) is 61.2 Å². The van der Waals surface area contributed by atoms with Gasteiger partial charge in [0.15, 0.2) is 11.5 Å². The zero-order valence-corrected chi connectivity index (χ0v) is 20.8. The molecule has 0 radical (unpaired) electrons. The summed E-state index contributed by atoms with van der Waals surface area (Å²) >= 11 is 0. The first-order chi connectivity index (χ1) is 17.6. The van der Waals surface area contributed by atoms with Gasteiger partial charge < -0.3 is 9.47 Å². The van der Waals surface area contributed by atoms with Crippen LogP contribution in [0, 0.1) is 6.92 Å². The molecule has 5 rings (SSSR count). The first-order valence-corrected chi connectivity index (χ1v) is 12.5. The average Bonchev–Trinajstić information content (AvgIpc) is 2.93. The van der Waals surface area contributed by atoms with E-state index in [-0.39, 0.29) is 11.5 Å². The van der Waals surface area contributed by atoms with Crippen molar-refractivity contribution in [3.05, 3.63) is 99.6 Å². The summed E-state index contributed by atoms with van der Waals surface area (Å²) in [6, 6.07) is 21.4. The quantitative estimate of drug-likeness (QED) is 0.294. The number of hydrogen-bond acceptors (Lipinski definition) is 5. The number of methoxy groups -OCH3 is 1. The number of nitrogens with zero attached hydrogens (tertiary/aromatic N) is 3. The molecule has 0 N–H and O–H groups in total. The summed E-state index contributed by atoms with van der Waals surface area (Å²) in [6.07, 6.45) is 7.28.